The summed E-state index contributed by atoms with van der Waals surface area (Å²) < 4.78 is 0.0111. The van der Waals surface area contributed by atoms with Gasteiger partial charge in [0.15, 0.2) is 0 Å². The van der Waals surface area contributed by atoms with E-state index >= 15 is 0 Å². The summed E-state index contributed by atoms with van der Waals surface area (Å²) in [4.78, 5) is 23.3. The normalized spacial score (nSPS) is 20.9. The largest absolute Gasteiger partial charge is 0.342 e. The van der Waals surface area contributed by atoms with E-state index in [9.17, 15) is 9.59 Å². The van der Waals surface area contributed by atoms with E-state index in [1.54, 1.807) is 0 Å². The second-order valence-electron chi connectivity index (χ2n) is 3.42. The highest BCUT2D eigenvalue weighted by Crippen LogP contribution is 2.17. The molecule has 1 rings (SSSR count). The molecular formula is C10H15Br4NO2. The van der Waals surface area contributed by atoms with Gasteiger partial charge < -0.3 is 4.90 Å². The molecule has 0 aromatic rings. The molecule has 0 radical (unpaired) electrons. The molecule has 1 aliphatic heterocycles. The average Bonchev–Trinajstić information content (AvgIpc) is 2.60. The van der Waals surface area contributed by atoms with Crippen molar-refractivity contribution in [2.45, 2.75) is 29.4 Å². The van der Waals surface area contributed by atoms with Crippen LogP contribution in [0.4, 0.5) is 0 Å². The maximum Gasteiger partial charge on any atom is 0.236 e. The Morgan fingerprint density at radius 2 is 2.18 bits per heavy atom. The van der Waals surface area contributed by atoms with Crippen LogP contribution in [0.25, 0.3) is 0 Å². The van der Waals surface area contributed by atoms with Crippen molar-refractivity contribution >= 4 is 74.3 Å². The molecule has 0 saturated carbocycles. The van der Waals surface area contributed by atoms with Gasteiger partial charge in [0.05, 0.1) is 9.65 Å². The molecule has 1 aliphatic rings. The fourth-order valence-electron chi connectivity index (χ4n) is 1.22. The van der Waals surface area contributed by atoms with Crippen LogP contribution in [-0.4, -0.2) is 43.6 Å². The summed E-state index contributed by atoms with van der Waals surface area (Å²) in [6.07, 6.45) is 1.79. The van der Waals surface area contributed by atoms with Gasteiger partial charge in [-0.2, -0.15) is 0 Å². The lowest BCUT2D eigenvalue weighted by Crippen LogP contribution is -2.26. The van der Waals surface area contributed by atoms with E-state index in [1.807, 2.05) is 11.8 Å². The van der Waals surface area contributed by atoms with Crippen molar-refractivity contribution in [2.24, 2.45) is 0 Å². The van der Waals surface area contributed by atoms with E-state index in [0.29, 0.717) is 0 Å². The zero-order valence-electron chi connectivity index (χ0n) is 9.47. The van der Waals surface area contributed by atoms with Gasteiger partial charge in [0, 0.05) is 18.4 Å². The van der Waals surface area contributed by atoms with Crippen LogP contribution in [0.3, 0.4) is 0 Å². The Balaban J connectivity index is 0.000000304. The maximum absolute atomic E-state index is 11.0. The highest BCUT2D eigenvalue weighted by Gasteiger charge is 2.27. The minimum atomic E-state index is -0.0399. The van der Waals surface area contributed by atoms with Gasteiger partial charge in [-0.3, -0.25) is 9.59 Å². The first kappa shape index (κ1) is 18.1. The molecule has 0 bridgehead atoms. The van der Waals surface area contributed by atoms with Crippen LogP contribution in [0.5, 0.6) is 0 Å². The maximum atomic E-state index is 11.0. The number of hydrogen-bond acceptors (Lipinski definition) is 2. The minimum Gasteiger partial charge on any atom is -0.342 e. The highest BCUT2D eigenvalue weighted by atomic mass is 79.9. The van der Waals surface area contributed by atoms with E-state index in [4.69, 9.17) is 0 Å². The van der Waals surface area contributed by atoms with Gasteiger partial charge >= 0.3 is 0 Å². The van der Waals surface area contributed by atoms with Crippen LogP contribution in [-0.2, 0) is 9.59 Å². The summed E-state index contributed by atoms with van der Waals surface area (Å²) in [5.41, 5.74) is 0. The van der Waals surface area contributed by atoms with Crippen LogP contribution in [0.15, 0.2) is 0 Å². The van der Waals surface area contributed by atoms with Gasteiger partial charge in [-0.15, -0.1) is 0 Å². The molecule has 0 aromatic carbocycles. The molecule has 0 spiro atoms. The summed E-state index contributed by atoms with van der Waals surface area (Å²) in [5, 5.41) is 0.847. The first-order valence-electron chi connectivity index (χ1n) is 5.26. The van der Waals surface area contributed by atoms with Crippen molar-refractivity contribution in [1.82, 2.24) is 4.90 Å². The van der Waals surface area contributed by atoms with E-state index in [-0.39, 0.29) is 20.3 Å². The van der Waals surface area contributed by atoms with Gasteiger partial charge in [0.1, 0.15) is 0 Å². The first-order chi connectivity index (χ1) is 7.93. The molecule has 3 nitrogen and oxygen atoms in total. The van der Waals surface area contributed by atoms with Gasteiger partial charge in [-0.1, -0.05) is 47.8 Å². The summed E-state index contributed by atoms with van der Waals surface area (Å²) in [7, 11) is 0. The molecule has 0 aromatic heterocycles. The Bertz CT molecular complexity index is 263. The van der Waals surface area contributed by atoms with Crippen molar-refractivity contribution in [3.8, 4) is 0 Å². The molecule has 2 atom stereocenters. The van der Waals surface area contributed by atoms with Crippen LogP contribution >= 0.6 is 63.7 Å². The van der Waals surface area contributed by atoms with Crippen molar-refractivity contribution in [3.63, 3.8) is 0 Å². The molecule has 1 fully saturated rings. The molecule has 1 amide bonds. The third-order valence-electron chi connectivity index (χ3n) is 2.22. The predicted molar refractivity (Wildman–Crippen MR) is 84.6 cm³/mol. The van der Waals surface area contributed by atoms with E-state index in [0.717, 1.165) is 31.3 Å². The molecule has 2 unspecified atom stereocenters. The lowest BCUT2D eigenvalue weighted by Gasteiger charge is -2.10. The Morgan fingerprint density at radius 3 is 2.35 bits per heavy atom. The van der Waals surface area contributed by atoms with Crippen LogP contribution < -0.4 is 0 Å². The third-order valence-corrected chi connectivity index (χ3v) is 5.57. The van der Waals surface area contributed by atoms with Crippen molar-refractivity contribution < 1.29 is 9.59 Å². The molecule has 7 heteroatoms. The zero-order chi connectivity index (χ0) is 13.4. The third kappa shape index (κ3) is 7.28. The number of likely N-dealkylation sites (tertiary alicyclic amines) is 1. The Morgan fingerprint density at radius 1 is 1.59 bits per heavy atom. The minimum absolute atomic E-state index is 0.0111. The molecule has 0 aliphatic carbocycles. The fraction of sp³-hybridized carbons (Fsp3) is 0.800. The second kappa shape index (κ2) is 9.92. The van der Waals surface area contributed by atoms with Crippen molar-refractivity contribution in [2.75, 3.05) is 18.4 Å². The number of hydrogen-bond donors (Lipinski definition) is 0. The SMILES string of the molecule is CCN1CCC(Br)C1=O.O=C(Br)C(Br)CCBr. The average molecular weight is 501 g/mol. The molecule has 0 N–H and O–H groups in total. The molecule has 100 valence electrons. The van der Waals surface area contributed by atoms with Crippen LogP contribution in [0.1, 0.15) is 19.8 Å². The van der Waals surface area contributed by atoms with E-state index in [2.05, 4.69) is 63.7 Å². The number of nitrogens with zero attached hydrogens (tertiary/aromatic N) is 1. The van der Waals surface area contributed by atoms with Crippen molar-refractivity contribution in [3.05, 3.63) is 0 Å². The molecule has 1 heterocycles. The molecule has 17 heavy (non-hydrogen) atoms. The number of carbonyl (C=O) groups is 2. The van der Waals surface area contributed by atoms with E-state index < -0.39 is 0 Å². The topological polar surface area (TPSA) is 37.4 Å². The highest BCUT2D eigenvalue weighted by molar-refractivity contribution is 9.20. The summed E-state index contributed by atoms with van der Waals surface area (Å²) >= 11 is 12.5. The lowest BCUT2D eigenvalue weighted by atomic mass is 10.4. The van der Waals surface area contributed by atoms with Crippen molar-refractivity contribution in [1.29, 1.82) is 0 Å². The number of rotatable bonds is 4. The van der Waals surface area contributed by atoms with Gasteiger partial charge in [-0.25, -0.2) is 0 Å². The number of carbonyl (C=O) groups excluding carboxylic acids is 2. The van der Waals surface area contributed by atoms with Gasteiger partial charge in [0.2, 0.25) is 10.6 Å². The molecule has 1 saturated heterocycles. The monoisotopic (exact) mass is 497 g/mol. The van der Waals surface area contributed by atoms with E-state index in [1.165, 1.54) is 0 Å². The van der Waals surface area contributed by atoms with Gasteiger partial charge in [0.25, 0.3) is 0 Å². The zero-order valence-corrected chi connectivity index (χ0v) is 15.8. The summed E-state index contributed by atoms with van der Waals surface area (Å²) in [6.45, 7) is 3.77. The Kier molecular flexibility index (Phi) is 10.5. The Labute approximate surface area is 136 Å². The Hall–Kier alpha value is 1.06. The number of alkyl halides is 3. The van der Waals surface area contributed by atoms with Crippen LogP contribution in [0.2, 0.25) is 0 Å². The van der Waals surface area contributed by atoms with Gasteiger partial charge in [-0.05, 0) is 35.7 Å². The quantitative estimate of drug-likeness (QED) is 0.438. The fourth-order valence-corrected chi connectivity index (χ4v) is 3.25. The summed E-state index contributed by atoms with van der Waals surface area (Å²) in [5.74, 6) is 0.248. The summed E-state index contributed by atoms with van der Waals surface area (Å²) in [6, 6.07) is 0. The molecular weight excluding hydrogens is 486 g/mol. The standard InChI is InChI=1S/C6H10BrNO.C4H5Br3O/c1-2-8-4-3-5(7)6(8)9;5-2-1-3(6)4(7)8/h5H,2-4H2,1H3;3H,1-2H2. The smallest absolute Gasteiger partial charge is 0.236 e. The number of halogens is 4. The first-order valence-corrected chi connectivity index (χ1v) is 9.00. The second-order valence-corrected chi connectivity index (χ2v) is 7.21. The predicted octanol–water partition coefficient (Wildman–Crippen LogP) is 3.46. The lowest BCUT2D eigenvalue weighted by molar-refractivity contribution is -0.127. The van der Waals surface area contributed by atoms with Crippen LogP contribution in [0, 0.1) is 0 Å². The number of amides is 1.